The quantitative estimate of drug-likeness (QED) is 0.861. The van der Waals surface area contributed by atoms with E-state index in [-0.39, 0.29) is 5.92 Å². The first-order valence-electron chi connectivity index (χ1n) is 8.79. The van der Waals surface area contributed by atoms with Crippen molar-refractivity contribution in [3.63, 3.8) is 0 Å². The van der Waals surface area contributed by atoms with Crippen LogP contribution in [-0.4, -0.2) is 47.9 Å². The molecule has 0 aromatic heterocycles. The molecule has 1 aliphatic heterocycles. The lowest BCUT2D eigenvalue weighted by molar-refractivity contribution is -0.135. The summed E-state index contributed by atoms with van der Waals surface area (Å²) >= 11 is 0. The first-order valence-corrected chi connectivity index (χ1v) is 8.79. The summed E-state index contributed by atoms with van der Waals surface area (Å²) in [7, 11) is 0. The normalized spacial score (nSPS) is 28.0. The molecule has 4 heteroatoms. The number of amides is 1. The minimum absolute atomic E-state index is 0.165. The molecule has 2 atom stereocenters. The minimum Gasteiger partial charge on any atom is -0.340 e. The molecule has 3 aliphatic rings. The first-order chi connectivity index (χ1) is 11.3. The number of piperazine rings is 1. The molecule has 1 aromatic rings. The van der Waals surface area contributed by atoms with Crippen LogP contribution < -0.4 is 0 Å². The fourth-order valence-electron chi connectivity index (χ4n) is 3.93. The number of carbonyl (C=O) groups excluding carboxylic acids is 1. The van der Waals surface area contributed by atoms with Crippen LogP contribution in [0.4, 0.5) is 0 Å². The summed E-state index contributed by atoms with van der Waals surface area (Å²) in [5.41, 5.74) is 1.89. The average Bonchev–Trinajstić information content (AvgIpc) is 3.34. The van der Waals surface area contributed by atoms with Crippen LogP contribution in [0.25, 0.3) is 0 Å². The van der Waals surface area contributed by atoms with Crippen LogP contribution in [0.1, 0.15) is 42.7 Å². The van der Waals surface area contributed by atoms with Gasteiger partial charge in [0.05, 0.1) is 11.6 Å². The van der Waals surface area contributed by atoms with E-state index < -0.39 is 0 Å². The van der Waals surface area contributed by atoms with Crippen molar-refractivity contribution in [1.82, 2.24) is 9.80 Å². The van der Waals surface area contributed by atoms with Gasteiger partial charge >= 0.3 is 0 Å². The molecule has 0 unspecified atom stereocenters. The van der Waals surface area contributed by atoms with Gasteiger partial charge in [-0.3, -0.25) is 9.69 Å². The minimum atomic E-state index is 0.165. The van der Waals surface area contributed by atoms with Crippen molar-refractivity contribution in [2.24, 2.45) is 5.92 Å². The molecule has 1 aromatic carbocycles. The van der Waals surface area contributed by atoms with Crippen molar-refractivity contribution >= 4 is 5.91 Å². The largest absolute Gasteiger partial charge is 0.340 e. The molecule has 0 bridgehead atoms. The fourth-order valence-corrected chi connectivity index (χ4v) is 3.93. The maximum Gasteiger partial charge on any atom is 0.226 e. The van der Waals surface area contributed by atoms with Gasteiger partial charge in [0.15, 0.2) is 0 Å². The SMILES string of the molecule is N#Cc1ccc([C@@H]2C[C@H]2C(=O)N2CCN(C3CCC3)CC2)cc1. The number of carbonyl (C=O) groups is 1. The summed E-state index contributed by atoms with van der Waals surface area (Å²) in [6, 6.07) is 10.7. The van der Waals surface area contributed by atoms with Gasteiger partial charge in [0.2, 0.25) is 5.91 Å². The van der Waals surface area contributed by atoms with Crippen molar-refractivity contribution in [2.75, 3.05) is 26.2 Å². The molecule has 23 heavy (non-hydrogen) atoms. The molecule has 4 nitrogen and oxygen atoms in total. The average molecular weight is 309 g/mol. The summed E-state index contributed by atoms with van der Waals surface area (Å²) < 4.78 is 0. The van der Waals surface area contributed by atoms with Gasteiger partial charge in [-0.25, -0.2) is 0 Å². The maximum atomic E-state index is 12.7. The van der Waals surface area contributed by atoms with Gasteiger partial charge < -0.3 is 4.90 Å². The lowest BCUT2D eigenvalue weighted by Gasteiger charge is -2.43. The monoisotopic (exact) mass is 309 g/mol. The van der Waals surface area contributed by atoms with Crippen molar-refractivity contribution in [3.05, 3.63) is 35.4 Å². The van der Waals surface area contributed by atoms with Crippen molar-refractivity contribution < 1.29 is 4.79 Å². The van der Waals surface area contributed by atoms with Crippen LogP contribution >= 0.6 is 0 Å². The van der Waals surface area contributed by atoms with E-state index in [0.29, 0.717) is 17.4 Å². The van der Waals surface area contributed by atoms with Crippen LogP contribution in [0.15, 0.2) is 24.3 Å². The molecular weight excluding hydrogens is 286 g/mol. The lowest BCUT2D eigenvalue weighted by atomic mass is 9.91. The zero-order chi connectivity index (χ0) is 15.8. The van der Waals surface area contributed by atoms with Crippen LogP contribution in [0.5, 0.6) is 0 Å². The Morgan fingerprint density at radius 1 is 1.09 bits per heavy atom. The highest BCUT2D eigenvalue weighted by Gasteiger charge is 2.46. The van der Waals surface area contributed by atoms with Gasteiger partial charge in [0.25, 0.3) is 0 Å². The highest BCUT2D eigenvalue weighted by atomic mass is 16.2. The molecule has 0 spiro atoms. The topological polar surface area (TPSA) is 47.3 Å². The number of hydrogen-bond acceptors (Lipinski definition) is 3. The number of hydrogen-bond donors (Lipinski definition) is 0. The van der Waals surface area contributed by atoms with E-state index in [9.17, 15) is 4.79 Å². The number of rotatable bonds is 3. The number of nitrogens with zero attached hydrogens (tertiary/aromatic N) is 3. The molecule has 120 valence electrons. The van der Waals surface area contributed by atoms with Gasteiger partial charge in [-0.05, 0) is 42.9 Å². The molecule has 0 radical (unpaired) electrons. The number of nitriles is 1. The second-order valence-corrected chi connectivity index (χ2v) is 7.13. The Bertz CT molecular complexity index is 621. The number of benzene rings is 1. The Morgan fingerprint density at radius 3 is 2.35 bits per heavy atom. The van der Waals surface area contributed by atoms with Gasteiger partial charge in [-0.1, -0.05) is 18.6 Å². The molecule has 1 heterocycles. The molecule has 1 saturated heterocycles. The Morgan fingerprint density at radius 2 is 1.78 bits per heavy atom. The third kappa shape index (κ3) is 2.86. The van der Waals surface area contributed by atoms with E-state index in [1.807, 2.05) is 24.3 Å². The lowest BCUT2D eigenvalue weighted by Crippen LogP contribution is -2.53. The molecule has 3 fully saturated rings. The predicted molar refractivity (Wildman–Crippen MR) is 87.8 cm³/mol. The molecule has 2 saturated carbocycles. The van der Waals surface area contributed by atoms with Crippen LogP contribution in [0.2, 0.25) is 0 Å². The van der Waals surface area contributed by atoms with Gasteiger partial charge in [0, 0.05) is 38.1 Å². The smallest absolute Gasteiger partial charge is 0.226 e. The van der Waals surface area contributed by atoms with E-state index in [1.54, 1.807) is 0 Å². The second-order valence-electron chi connectivity index (χ2n) is 7.13. The van der Waals surface area contributed by atoms with Crippen molar-refractivity contribution in [1.29, 1.82) is 5.26 Å². The highest BCUT2D eigenvalue weighted by molar-refractivity contribution is 5.83. The van der Waals surface area contributed by atoms with Crippen molar-refractivity contribution in [2.45, 2.75) is 37.6 Å². The molecule has 0 N–H and O–H groups in total. The zero-order valence-corrected chi connectivity index (χ0v) is 13.4. The van der Waals surface area contributed by atoms with Crippen molar-refractivity contribution in [3.8, 4) is 6.07 Å². The van der Waals surface area contributed by atoms with Crippen LogP contribution in [0, 0.1) is 17.2 Å². The van der Waals surface area contributed by atoms with E-state index in [4.69, 9.17) is 5.26 Å². The van der Waals surface area contributed by atoms with E-state index in [2.05, 4.69) is 15.9 Å². The highest BCUT2D eigenvalue weighted by Crippen LogP contribution is 2.48. The third-order valence-corrected chi connectivity index (χ3v) is 5.79. The van der Waals surface area contributed by atoms with E-state index >= 15 is 0 Å². The van der Waals surface area contributed by atoms with Crippen LogP contribution in [-0.2, 0) is 4.79 Å². The summed E-state index contributed by atoms with van der Waals surface area (Å²) in [5.74, 6) is 0.866. The van der Waals surface area contributed by atoms with Gasteiger partial charge in [-0.15, -0.1) is 0 Å². The van der Waals surface area contributed by atoms with E-state index in [0.717, 1.165) is 38.6 Å². The predicted octanol–water partition coefficient (Wildman–Crippen LogP) is 2.36. The van der Waals surface area contributed by atoms with E-state index in [1.165, 1.54) is 24.8 Å². The summed E-state index contributed by atoms with van der Waals surface area (Å²) in [5, 5.41) is 8.86. The fraction of sp³-hybridized carbons (Fsp3) is 0.579. The third-order valence-electron chi connectivity index (χ3n) is 5.79. The second kappa shape index (κ2) is 5.98. The Hall–Kier alpha value is -1.86. The van der Waals surface area contributed by atoms with Crippen LogP contribution in [0.3, 0.4) is 0 Å². The molecule has 1 amide bonds. The summed E-state index contributed by atoms with van der Waals surface area (Å²) in [4.78, 5) is 17.3. The standard InChI is InChI=1S/C19H23N3O/c20-13-14-4-6-15(7-5-14)17-12-18(17)19(23)22-10-8-21(9-11-22)16-2-1-3-16/h4-7,16-18H,1-3,8-12H2/t17-,18+/m0/s1. The Balaban J connectivity index is 1.31. The first kappa shape index (κ1) is 14.7. The molecular formula is C19H23N3O. The van der Waals surface area contributed by atoms with Gasteiger partial charge in [-0.2, -0.15) is 5.26 Å². The zero-order valence-electron chi connectivity index (χ0n) is 13.4. The summed E-state index contributed by atoms with van der Waals surface area (Å²) in [6.07, 6.45) is 5.03. The van der Waals surface area contributed by atoms with Gasteiger partial charge in [0.1, 0.15) is 0 Å². The molecule has 4 rings (SSSR count). The Kier molecular flexibility index (Phi) is 3.82. The Labute approximate surface area is 137 Å². The summed E-state index contributed by atoms with van der Waals surface area (Å²) in [6.45, 7) is 3.88. The maximum absolute atomic E-state index is 12.7. The molecule has 2 aliphatic carbocycles.